The highest BCUT2D eigenvalue weighted by molar-refractivity contribution is 9.10. The van der Waals surface area contributed by atoms with Crippen molar-refractivity contribution in [1.82, 2.24) is 4.98 Å². The van der Waals surface area contributed by atoms with Gasteiger partial charge in [0.1, 0.15) is 5.82 Å². The van der Waals surface area contributed by atoms with Gasteiger partial charge in [-0.3, -0.25) is 10.1 Å². The average molecular weight is 464 g/mol. The van der Waals surface area contributed by atoms with Gasteiger partial charge < -0.3 is 0 Å². The summed E-state index contributed by atoms with van der Waals surface area (Å²) in [6, 6.07) is 6.93. The van der Waals surface area contributed by atoms with E-state index in [1.807, 2.05) is 0 Å². The summed E-state index contributed by atoms with van der Waals surface area (Å²) in [5, 5.41) is 2.92. The minimum atomic E-state index is -3.34. The zero-order chi connectivity index (χ0) is 18.4. The van der Waals surface area contributed by atoms with Gasteiger partial charge in [0, 0.05) is 11.3 Å². The quantitative estimate of drug-likeness (QED) is 0.580. The number of hydrogen-bond acceptors (Lipinski definition) is 5. The van der Waals surface area contributed by atoms with Crippen molar-refractivity contribution < 1.29 is 17.6 Å². The third-order valence-electron chi connectivity index (χ3n) is 3.25. The predicted octanol–water partition coefficient (Wildman–Crippen LogP) is 4.51. The minimum absolute atomic E-state index is 0.00475. The molecule has 1 N–H and O–H groups in total. The number of benzene rings is 2. The Hall–Kier alpha value is -1.55. The maximum atomic E-state index is 13.7. The van der Waals surface area contributed by atoms with Gasteiger partial charge in [0.15, 0.2) is 15.0 Å². The second-order valence-electron chi connectivity index (χ2n) is 5.12. The number of hydrogen-bond donors (Lipinski definition) is 1. The van der Waals surface area contributed by atoms with E-state index in [2.05, 4.69) is 26.2 Å². The number of nitrogens with one attached hydrogen (secondary N) is 1. The zero-order valence-corrected chi connectivity index (χ0v) is 16.5. The number of halogens is 3. The second kappa shape index (κ2) is 6.64. The fraction of sp³-hybridized carbons (Fsp3) is 0.0667. The lowest BCUT2D eigenvalue weighted by atomic mass is 10.2. The minimum Gasteiger partial charge on any atom is -0.298 e. The van der Waals surface area contributed by atoms with Crippen LogP contribution in [0.5, 0.6) is 0 Å². The smallest absolute Gasteiger partial charge is 0.258 e. The first-order valence-electron chi connectivity index (χ1n) is 6.71. The predicted molar refractivity (Wildman–Crippen MR) is 99.8 cm³/mol. The van der Waals surface area contributed by atoms with Crippen LogP contribution in [0.15, 0.2) is 39.7 Å². The van der Waals surface area contributed by atoms with Crippen LogP contribution < -0.4 is 5.32 Å². The molecule has 0 saturated carbocycles. The van der Waals surface area contributed by atoms with Crippen molar-refractivity contribution in [3.63, 3.8) is 0 Å². The average Bonchev–Trinajstić information content (AvgIpc) is 2.91. The van der Waals surface area contributed by atoms with Crippen molar-refractivity contribution in [1.29, 1.82) is 0 Å². The van der Waals surface area contributed by atoms with E-state index in [0.29, 0.717) is 10.2 Å². The van der Waals surface area contributed by atoms with Gasteiger partial charge in [0.25, 0.3) is 5.91 Å². The van der Waals surface area contributed by atoms with Crippen molar-refractivity contribution in [2.24, 2.45) is 0 Å². The molecule has 2 aromatic carbocycles. The van der Waals surface area contributed by atoms with Gasteiger partial charge in [-0.1, -0.05) is 22.9 Å². The van der Waals surface area contributed by atoms with Crippen molar-refractivity contribution in [3.8, 4) is 0 Å². The zero-order valence-electron chi connectivity index (χ0n) is 12.5. The summed E-state index contributed by atoms with van der Waals surface area (Å²) in [5.41, 5.74) is 0.574. The van der Waals surface area contributed by atoms with Crippen molar-refractivity contribution in [2.75, 3.05) is 11.6 Å². The molecule has 1 heterocycles. The van der Waals surface area contributed by atoms with Gasteiger partial charge in [-0.25, -0.2) is 17.8 Å². The number of amides is 1. The molecule has 130 valence electrons. The fourth-order valence-electron chi connectivity index (χ4n) is 2.07. The third kappa shape index (κ3) is 3.84. The molecule has 0 unspecified atom stereocenters. The van der Waals surface area contributed by atoms with Gasteiger partial charge in [-0.15, -0.1) is 0 Å². The summed E-state index contributed by atoms with van der Waals surface area (Å²) in [7, 11) is -3.34. The number of fused-ring (bicyclic) bond motifs is 1. The molecule has 0 spiro atoms. The number of aromatic nitrogens is 1. The highest BCUT2D eigenvalue weighted by Crippen LogP contribution is 2.30. The lowest BCUT2D eigenvalue weighted by molar-refractivity contribution is 0.102. The molecular weight excluding hydrogens is 455 g/mol. The standard InChI is InChI=1S/C15H9BrClFN2O3S2/c1-25(22,23)8-2-3-11-12(6-8)24-15(19-11)20-14(21)9-4-7(17)5-10(18)13(9)16/h2-6H,1H3,(H,19,20,21). The summed E-state index contributed by atoms with van der Waals surface area (Å²) in [6.45, 7) is 0. The molecule has 3 aromatic rings. The Morgan fingerprint density at radius 2 is 2.04 bits per heavy atom. The van der Waals surface area contributed by atoms with Crippen LogP contribution in [-0.4, -0.2) is 25.6 Å². The number of anilines is 1. The Morgan fingerprint density at radius 1 is 1.32 bits per heavy atom. The first kappa shape index (κ1) is 18.2. The SMILES string of the molecule is CS(=O)(=O)c1ccc2nc(NC(=O)c3cc(Cl)cc(F)c3Br)sc2c1. The van der Waals surface area contributed by atoms with E-state index in [1.54, 1.807) is 6.07 Å². The van der Waals surface area contributed by atoms with Gasteiger partial charge >= 0.3 is 0 Å². The van der Waals surface area contributed by atoms with Crippen LogP contribution in [0.3, 0.4) is 0 Å². The first-order chi connectivity index (χ1) is 11.6. The lowest BCUT2D eigenvalue weighted by Crippen LogP contribution is -2.13. The Kier molecular flexibility index (Phi) is 4.84. The van der Waals surface area contributed by atoms with Crippen molar-refractivity contribution >= 4 is 70.0 Å². The van der Waals surface area contributed by atoms with Gasteiger partial charge in [-0.2, -0.15) is 0 Å². The second-order valence-corrected chi connectivity index (χ2v) is 9.40. The summed E-state index contributed by atoms with van der Waals surface area (Å²) >= 11 is 9.91. The van der Waals surface area contributed by atoms with E-state index >= 15 is 0 Å². The normalized spacial score (nSPS) is 11.7. The molecule has 0 atom stereocenters. The number of nitrogens with zero attached hydrogens (tertiary/aromatic N) is 1. The molecule has 0 saturated heterocycles. The van der Waals surface area contributed by atoms with E-state index in [1.165, 1.54) is 18.2 Å². The van der Waals surface area contributed by atoms with E-state index in [-0.39, 0.29) is 25.1 Å². The summed E-state index contributed by atoms with van der Waals surface area (Å²) < 4.78 is 37.5. The lowest BCUT2D eigenvalue weighted by Gasteiger charge is -2.05. The molecule has 0 aliphatic carbocycles. The molecule has 10 heteroatoms. The summed E-state index contributed by atoms with van der Waals surface area (Å²) in [4.78, 5) is 16.7. The van der Waals surface area contributed by atoms with E-state index in [4.69, 9.17) is 11.6 Å². The maximum absolute atomic E-state index is 13.7. The Balaban J connectivity index is 1.94. The van der Waals surface area contributed by atoms with Gasteiger partial charge in [-0.05, 0) is 46.3 Å². The van der Waals surface area contributed by atoms with Crippen LogP contribution in [-0.2, 0) is 9.84 Å². The van der Waals surface area contributed by atoms with Crippen LogP contribution in [0.25, 0.3) is 10.2 Å². The number of rotatable bonds is 3. The molecule has 0 fully saturated rings. The fourth-order valence-corrected chi connectivity index (χ4v) is 4.31. The van der Waals surface area contributed by atoms with Crippen molar-refractivity contribution in [2.45, 2.75) is 4.90 Å². The molecule has 0 radical (unpaired) electrons. The third-order valence-corrected chi connectivity index (χ3v) is 6.31. The number of sulfone groups is 1. The number of carbonyl (C=O) groups is 1. The molecule has 3 rings (SSSR count). The molecule has 1 aromatic heterocycles. The topological polar surface area (TPSA) is 76.1 Å². The Morgan fingerprint density at radius 3 is 2.72 bits per heavy atom. The first-order valence-corrected chi connectivity index (χ1v) is 10.6. The van der Waals surface area contributed by atoms with Crippen LogP contribution >= 0.6 is 38.9 Å². The summed E-state index contributed by atoms with van der Waals surface area (Å²) in [6.07, 6.45) is 1.11. The maximum Gasteiger partial charge on any atom is 0.258 e. The Labute approximate surface area is 159 Å². The van der Waals surface area contributed by atoms with Crippen LogP contribution in [0.2, 0.25) is 5.02 Å². The van der Waals surface area contributed by atoms with Gasteiger partial charge in [0.2, 0.25) is 0 Å². The molecule has 1 amide bonds. The monoisotopic (exact) mass is 462 g/mol. The summed E-state index contributed by atoms with van der Waals surface area (Å²) in [5.74, 6) is -1.24. The molecular formula is C15H9BrClFN2O3S2. The largest absolute Gasteiger partial charge is 0.298 e. The van der Waals surface area contributed by atoms with Crippen LogP contribution in [0, 0.1) is 5.82 Å². The van der Waals surface area contributed by atoms with Crippen molar-refractivity contribution in [3.05, 3.63) is 51.2 Å². The molecule has 0 aliphatic rings. The van der Waals surface area contributed by atoms with E-state index < -0.39 is 21.6 Å². The van der Waals surface area contributed by atoms with Crippen LogP contribution in [0.4, 0.5) is 9.52 Å². The highest BCUT2D eigenvalue weighted by Gasteiger charge is 2.17. The van der Waals surface area contributed by atoms with E-state index in [0.717, 1.165) is 23.7 Å². The molecule has 25 heavy (non-hydrogen) atoms. The number of thiazole rings is 1. The highest BCUT2D eigenvalue weighted by atomic mass is 79.9. The van der Waals surface area contributed by atoms with Gasteiger partial charge in [0.05, 0.1) is 25.1 Å². The molecule has 0 bridgehead atoms. The van der Waals surface area contributed by atoms with E-state index in [9.17, 15) is 17.6 Å². The van der Waals surface area contributed by atoms with Crippen LogP contribution in [0.1, 0.15) is 10.4 Å². The molecule has 5 nitrogen and oxygen atoms in total. The molecule has 0 aliphatic heterocycles. The number of carbonyl (C=O) groups excluding carboxylic acids is 1. The Bertz CT molecular complexity index is 1120.